The van der Waals surface area contributed by atoms with E-state index in [1.807, 2.05) is 27.7 Å². The summed E-state index contributed by atoms with van der Waals surface area (Å²) < 4.78 is 6.24. The molecule has 3 aliphatic rings. The Morgan fingerprint density at radius 2 is 2.04 bits per heavy atom. The Morgan fingerprint density at radius 3 is 2.56 bits per heavy atom. The molecule has 152 valence electrons. The number of nitrogens with one attached hydrogen (secondary N) is 2. The number of aliphatic hydroxyl groups excluding tert-OH is 1. The van der Waals surface area contributed by atoms with Gasteiger partial charge in [0.1, 0.15) is 11.6 Å². The minimum atomic E-state index is -1.00. The molecule has 6 atom stereocenters. The molecule has 3 amide bonds. The maximum Gasteiger partial charge on any atom is 0.246 e. The number of likely N-dealkylation sites (tertiary alicyclic amines) is 1. The summed E-state index contributed by atoms with van der Waals surface area (Å²) in [5.74, 6) is -2.06. The summed E-state index contributed by atoms with van der Waals surface area (Å²) in [5.41, 5.74) is -1.48. The van der Waals surface area contributed by atoms with Crippen LogP contribution in [-0.4, -0.2) is 70.7 Å². The lowest BCUT2D eigenvalue weighted by Gasteiger charge is -2.38. The quantitative estimate of drug-likeness (QED) is 0.611. The van der Waals surface area contributed by atoms with Crippen molar-refractivity contribution in [2.75, 3.05) is 13.7 Å². The number of ether oxygens (including phenoxy) is 1. The number of fused-ring (bicyclic) bond motifs is 1. The number of rotatable bonds is 5. The average Bonchev–Trinajstić information content (AvgIpc) is 3.22. The molecule has 3 N–H and O–H groups in total. The van der Waals surface area contributed by atoms with Gasteiger partial charge in [-0.25, -0.2) is 0 Å². The van der Waals surface area contributed by atoms with Gasteiger partial charge >= 0.3 is 0 Å². The molecule has 3 rings (SSSR count). The molecule has 0 aliphatic carbocycles. The molecule has 8 heteroatoms. The predicted octanol–water partition coefficient (Wildman–Crippen LogP) is -0.207. The van der Waals surface area contributed by atoms with Crippen LogP contribution in [0, 0.1) is 11.8 Å². The van der Waals surface area contributed by atoms with E-state index in [2.05, 4.69) is 10.6 Å². The van der Waals surface area contributed by atoms with Crippen molar-refractivity contribution in [1.82, 2.24) is 15.5 Å². The van der Waals surface area contributed by atoms with Gasteiger partial charge in [0.15, 0.2) is 0 Å². The lowest BCUT2D eigenvalue weighted by molar-refractivity contribution is -0.146. The number of hydrogen-bond acceptors (Lipinski definition) is 5. The van der Waals surface area contributed by atoms with E-state index in [-0.39, 0.29) is 30.4 Å². The Morgan fingerprint density at radius 1 is 1.37 bits per heavy atom. The van der Waals surface area contributed by atoms with Crippen LogP contribution < -0.4 is 10.6 Å². The largest absolute Gasteiger partial charge is 0.394 e. The molecule has 2 unspecified atom stereocenters. The van der Waals surface area contributed by atoms with Gasteiger partial charge in [0, 0.05) is 12.6 Å². The van der Waals surface area contributed by atoms with Crippen LogP contribution in [0.4, 0.5) is 0 Å². The fraction of sp³-hybridized carbons (Fsp3) is 0.842. The predicted molar refractivity (Wildman–Crippen MR) is 97.6 cm³/mol. The summed E-state index contributed by atoms with van der Waals surface area (Å²) in [6.07, 6.45) is 1.37. The second-order valence-electron chi connectivity index (χ2n) is 8.90. The maximum absolute atomic E-state index is 13.4. The van der Waals surface area contributed by atoms with Crippen molar-refractivity contribution in [3.05, 3.63) is 0 Å². The smallest absolute Gasteiger partial charge is 0.246 e. The monoisotopic (exact) mass is 381 g/mol. The normalized spacial score (nSPS) is 35.9. The highest BCUT2D eigenvalue weighted by Crippen LogP contribution is 2.58. The van der Waals surface area contributed by atoms with Crippen molar-refractivity contribution in [2.24, 2.45) is 11.8 Å². The topological polar surface area (TPSA) is 108 Å². The summed E-state index contributed by atoms with van der Waals surface area (Å²) in [7, 11) is 1.55. The van der Waals surface area contributed by atoms with Crippen LogP contribution in [0.5, 0.6) is 0 Å². The molecule has 1 spiro atoms. The summed E-state index contributed by atoms with van der Waals surface area (Å²) in [6, 6.07) is -1.33. The number of carbonyl (C=O) groups excluding carboxylic acids is 3. The SMILES string of the molecule is CC[C@@H](CO)N1C(=O)[C@@H]2[C@H](C(=O)NC)[C@@H]3CCC2(O3)C1C(=O)NC(C)(C)C. The Bertz CT molecular complexity index is 642. The zero-order valence-electron chi connectivity index (χ0n) is 16.7. The molecule has 0 aromatic carbocycles. The third-order valence-electron chi connectivity index (χ3n) is 6.11. The third kappa shape index (κ3) is 2.93. The first-order chi connectivity index (χ1) is 12.6. The second-order valence-corrected chi connectivity index (χ2v) is 8.90. The highest BCUT2D eigenvalue weighted by Gasteiger charge is 2.75. The fourth-order valence-electron chi connectivity index (χ4n) is 5.10. The van der Waals surface area contributed by atoms with Crippen molar-refractivity contribution in [3.63, 3.8) is 0 Å². The minimum absolute atomic E-state index is 0.228. The molecule has 2 bridgehead atoms. The van der Waals surface area contributed by atoms with Gasteiger partial charge in [-0.1, -0.05) is 6.92 Å². The molecule has 3 aliphatic heterocycles. The zero-order valence-corrected chi connectivity index (χ0v) is 16.7. The number of nitrogens with zero attached hydrogens (tertiary/aromatic N) is 1. The molecule has 0 aromatic heterocycles. The standard InChI is InChI=1S/C19H31N3O5/c1-6-10(9-23)22-14(16(25)21-18(2,3)4)19-8-7-11(27-19)12(15(24)20-5)13(19)17(22)26/h10-14,23H,6-9H2,1-5H3,(H,20,24)(H,21,25)/t10-,11-,12+,13-,14?,19?/m0/s1. The number of hydrogen-bond donors (Lipinski definition) is 3. The van der Waals surface area contributed by atoms with Crippen molar-refractivity contribution >= 4 is 17.7 Å². The molecular weight excluding hydrogens is 350 g/mol. The summed E-state index contributed by atoms with van der Waals surface area (Å²) in [6.45, 7) is 7.27. The van der Waals surface area contributed by atoms with Crippen LogP contribution in [-0.2, 0) is 19.1 Å². The van der Waals surface area contributed by atoms with E-state index in [0.717, 1.165) is 0 Å². The molecule has 3 saturated heterocycles. The Hall–Kier alpha value is -1.67. The van der Waals surface area contributed by atoms with E-state index >= 15 is 0 Å². The molecule has 8 nitrogen and oxygen atoms in total. The fourth-order valence-corrected chi connectivity index (χ4v) is 5.10. The molecule has 27 heavy (non-hydrogen) atoms. The van der Waals surface area contributed by atoms with Gasteiger partial charge in [0.25, 0.3) is 0 Å². The van der Waals surface area contributed by atoms with E-state index in [9.17, 15) is 19.5 Å². The van der Waals surface area contributed by atoms with Gasteiger partial charge in [-0.3, -0.25) is 14.4 Å². The van der Waals surface area contributed by atoms with Crippen molar-refractivity contribution in [3.8, 4) is 0 Å². The van der Waals surface area contributed by atoms with E-state index in [1.54, 1.807) is 7.05 Å². The lowest BCUT2D eigenvalue weighted by Crippen LogP contribution is -2.60. The first-order valence-electron chi connectivity index (χ1n) is 9.75. The Labute approximate surface area is 160 Å². The molecule has 0 saturated carbocycles. The highest BCUT2D eigenvalue weighted by molar-refractivity contribution is 5.99. The minimum Gasteiger partial charge on any atom is -0.394 e. The van der Waals surface area contributed by atoms with Crippen molar-refractivity contribution in [2.45, 2.75) is 76.3 Å². The third-order valence-corrected chi connectivity index (χ3v) is 6.11. The van der Waals surface area contributed by atoms with Crippen LogP contribution >= 0.6 is 0 Å². The molecule has 3 heterocycles. The van der Waals surface area contributed by atoms with Gasteiger partial charge < -0.3 is 25.4 Å². The van der Waals surface area contributed by atoms with E-state index in [1.165, 1.54) is 4.90 Å². The Balaban J connectivity index is 2.06. The van der Waals surface area contributed by atoms with Crippen LogP contribution in [0.15, 0.2) is 0 Å². The van der Waals surface area contributed by atoms with E-state index in [4.69, 9.17) is 4.74 Å². The number of aliphatic hydroxyl groups is 1. The molecule has 3 fully saturated rings. The van der Waals surface area contributed by atoms with Crippen molar-refractivity contribution < 1.29 is 24.2 Å². The van der Waals surface area contributed by atoms with Crippen LogP contribution in [0.3, 0.4) is 0 Å². The van der Waals surface area contributed by atoms with Gasteiger partial charge in [-0.05, 0) is 40.0 Å². The molecule has 0 radical (unpaired) electrons. The van der Waals surface area contributed by atoms with E-state index < -0.39 is 35.1 Å². The van der Waals surface area contributed by atoms with Gasteiger partial charge in [0.2, 0.25) is 17.7 Å². The lowest BCUT2D eigenvalue weighted by atomic mass is 9.70. The Kier molecular flexibility index (Phi) is 5.01. The van der Waals surface area contributed by atoms with Crippen molar-refractivity contribution in [1.29, 1.82) is 0 Å². The van der Waals surface area contributed by atoms with Gasteiger partial charge in [-0.15, -0.1) is 0 Å². The van der Waals surface area contributed by atoms with Crippen LogP contribution in [0.25, 0.3) is 0 Å². The average molecular weight is 381 g/mol. The van der Waals surface area contributed by atoms with Crippen LogP contribution in [0.1, 0.15) is 47.0 Å². The molecule has 0 aromatic rings. The van der Waals surface area contributed by atoms with E-state index in [0.29, 0.717) is 19.3 Å². The van der Waals surface area contributed by atoms with Crippen LogP contribution in [0.2, 0.25) is 0 Å². The highest BCUT2D eigenvalue weighted by atomic mass is 16.5. The zero-order chi connectivity index (χ0) is 20.1. The second kappa shape index (κ2) is 6.74. The summed E-state index contributed by atoms with van der Waals surface area (Å²) >= 11 is 0. The number of carbonyl (C=O) groups is 3. The summed E-state index contributed by atoms with van der Waals surface area (Å²) in [5, 5.41) is 15.4. The van der Waals surface area contributed by atoms with Gasteiger partial charge in [-0.2, -0.15) is 0 Å². The van der Waals surface area contributed by atoms with Gasteiger partial charge in [0.05, 0.1) is 30.6 Å². The molecular formula is C19H31N3O5. The number of amides is 3. The maximum atomic E-state index is 13.4. The first-order valence-corrected chi connectivity index (χ1v) is 9.75. The summed E-state index contributed by atoms with van der Waals surface area (Å²) in [4.78, 5) is 40.7. The first kappa shape index (κ1) is 20.1.